The predicted octanol–water partition coefficient (Wildman–Crippen LogP) is 4.07. The maximum Gasteiger partial charge on any atom is 0.416 e. The van der Waals surface area contributed by atoms with Crippen molar-refractivity contribution >= 4 is 44.2 Å². The Hall–Kier alpha value is -1.87. The second-order valence-corrected chi connectivity index (χ2v) is 9.83. The lowest BCUT2D eigenvalue weighted by Crippen LogP contribution is -3.00. The first kappa shape index (κ1) is 24.8. The first-order valence-corrected chi connectivity index (χ1v) is 12.0. The quantitative estimate of drug-likeness (QED) is 0.321. The molecule has 0 spiro atoms. The van der Waals surface area contributed by atoms with E-state index in [1.165, 1.54) is 6.07 Å². The maximum atomic E-state index is 13.1. The fourth-order valence-electron chi connectivity index (χ4n) is 3.25. The zero-order chi connectivity index (χ0) is 22.2. The van der Waals surface area contributed by atoms with Gasteiger partial charge in [-0.2, -0.15) is 13.2 Å². The highest BCUT2D eigenvalue weighted by Crippen LogP contribution is 2.37. The Morgan fingerprint density at radius 1 is 1.09 bits per heavy atom. The first-order valence-electron chi connectivity index (χ1n) is 9.35. The number of pyridine rings is 1. The van der Waals surface area contributed by atoms with E-state index in [0.717, 1.165) is 33.8 Å². The van der Waals surface area contributed by atoms with Crippen LogP contribution in [0.25, 0.3) is 17.0 Å². The summed E-state index contributed by atoms with van der Waals surface area (Å²) < 4.78 is 41.1. The Morgan fingerprint density at radius 2 is 1.84 bits per heavy atom. The minimum Gasteiger partial charge on any atom is -1.00 e. The van der Waals surface area contributed by atoms with Crippen molar-refractivity contribution < 1.29 is 30.1 Å². The summed E-state index contributed by atoms with van der Waals surface area (Å²) in [5.74, 6) is 1.15. The Bertz CT molecular complexity index is 1260. The van der Waals surface area contributed by atoms with Gasteiger partial charge in [-0.25, -0.2) is 9.55 Å². The number of imidazole rings is 1. The average Bonchev–Trinajstić information content (AvgIpc) is 3.13. The van der Waals surface area contributed by atoms with E-state index in [9.17, 15) is 13.2 Å². The number of alkyl halides is 3. The van der Waals surface area contributed by atoms with Crippen LogP contribution in [0.2, 0.25) is 5.02 Å². The van der Waals surface area contributed by atoms with Crippen LogP contribution in [0.3, 0.4) is 0 Å². The molecule has 1 N–H and O–H groups in total. The molecule has 2 aromatic carbocycles. The largest absolute Gasteiger partial charge is 1.00 e. The Morgan fingerprint density at radius 3 is 2.56 bits per heavy atom. The van der Waals surface area contributed by atoms with Crippen molar-refractivity contribution in [3.8, 4) is 5.95 Å². The standard InChI is InChI=1S/C22H18ClF3N3S2.ClH/c1-13-9-14(2)19(12-30-31-20-6-4-3-5-16(20)23)29(11-13)21-27-17-8-7-15(22(24,25)26)10-18(17)28-21;/h3-11H,12H2,1-2H3,(H,27,28);1H/q+1;/p-1. The van der Waals surface area contributed by atoms with Gasteiger partial charge in [-0.05, 0) is 55.3 Å². The van der Waals surface area contributed by atoms with Crippen LogP contribution in [0.1, 0.15) is 22.4 Å². The summed E-state index contributed by atoms with van der Waals surface area (Å²) in [7, 11) is 3.22. The van der Waals surface area contributed by atoms with Gasteiger partial charge < -0.3 is 12.4 Å². The van der Waals surface area contributed by atoms with Crippen molar-refractivity contribution in [2.24, 2.45) is 0 Å². The summed E-state index contributed by atoms with van der Waals surface area (Å²) in [4.78, 5) is 8.56. The second kappa shape index (κ2) is 9.95. The molecule has 0 aliphatic carbocycles. The van der Waals surface area contributed by atoms with Crippen LogP contribution in [0, 0.1) is 13.8 Å². The number of aromatic amines is 1. The molecule has 2 aromatic heterocycles. The van der Waals surface area contributed by atoms with Crippen LogP contribution in [-0.4, -0.2) is 9.97 Å². The zero-order valence-electron chi connectivity index (χ0n) is 17.0. The van der Waals surface area contributed by atoms with Gasteiger partial charge in [0.1, 0.15) is 5.52 Å². The van der Waals surface area contributed by atoms with Gasteiger partial charge in [0.25, 0.3) is 0 Å². The first-order chi connectivity index (χ1) is 14.7. The molecule has 168 valence electrons. The second-order valence-electron chi connectivity index (χ2n) is 7.08. The lowest BCUT2D eigenvalue weighted by molar-refractivity contribution is -0.611. The number of aromatic nitrogens is 3. The van der Waals surface area contributed by atoms with Gasteiger partial charge in [0.15, 0.2) is 5.52 Å². The van der Waals surface area contributed by atoms with Gasteiger partial charge in [-0.15, -0.1) is 0 Å². The molecular weight excluding hydrogens is 498 g/mol. The van der Waals surface area contributed by atoms with Crippen molar-refractivity contribution in [1.29, 1.82) is 0 Å². The van der Waals surface area contributed by atoms with Gasteiger partial charge in [-0.3, -0.25) is 0 Å². The fraction of sp³-hybridized carbons (Fsp3) is 0.182. The monoisotopic (exact) mass is 515 g/mol. The number of rotatable bonds is 5. The summed E-state index contributed by atoms with van der Waals surface area (Å²) in [6, 6.07) is 13.3. The van der Waals surface area contributed by atoms with Gasteiger partial charge in [0.2, 0.25) is 0 Å². The van der Waals surface area contributed by atoms with Crippen LogP contribution in [0.4, 0.5) is 13.2 Å². The predicted molar refractivity (Wildman–Crippen MR) is 121 cm³/mol. The lowest BCUT2D eigenvalue weighted by Gasteiger charge is -2.10. The number of hydrogen-bond donors (Lipinski definition) is 1. The van der Waals surface area contributed by atoms with E-state index in [-0.39, 0.29) is 12.4 Å². The summed E-state index contributed by atoms with van der Waals surface area (Å²) >= 11 is 6.24. The molecule has 3 nitrogen and oxygen atoms in total. The third-order valence-corrected chi connectivity index (χ3v) is 7.46. The van der Waals surface area contributed by atoms with E-state index < -0.39 is 11.7 Å². The average molecular weight is 516 g/mol. The van der Waals surface area contributed by atoms with Crippen LogP contribution >= 0.6 is 33.2 Å². The molecule has 0 radical (unpaired) electrons. The van der Waals surface area contributed by atoms with Crippen LogP contribution in [0.15, 0.2) is 59.6 Å². The SMILES string of the molecule is Cc1cc(C)c(CSSc2ccccc2Cl)[n+](-c2nc3ccc(C(F)(F)F)cc3[nH]2)c1.[Cl-]. The third-order valence-electron chi connectivity index (χ3n) is 4.73. The van der Waals surface area contributed by atoms with Crippen molar-refractivity contribution in [3.63, 3.8) is 0 Å². The number of aryl methyl sites for hydroxylation is 2. The van der Waals surface area contributed by atoms with E-state index >= 15 is 0 Å². The minimum absolute atomic E-state index is 0. The van der Waals surface area contributed by atoms with Crippen LogP contribution < -0.4 is 17.0 Å². The Labute approximate surface area is 202 Å². The smallest absolute Gasteiger partial charge is 0.416 e. The van der Waals surface area contributed by atoms with E-state index in [0.29, 0.717) is 27.8 Å². The van der Waals surface area contributed by atoms with Crippen molar-refractivity contribution in [2.45, 2.75) is 30.7 Å². The van der Waals surface area contributed by atoms with Gasteiger partial charge >= 0.3 is 12.1 Å². The number of fused-ring (bicyclic) bond motifs is 1. The van der Waals surface area contributed by atoms with Gasteiger partial charge in [0, 0.05) is 4.90 Å². The number of nitrogens with zero attached hydrogens (tertiary/aromatic N) is 2. The number of H-pyrrole nitrogens is 1. The van der Waals surface area contributed by atoms with E-state index in [1.54, 1.807) is 21.6 Å². The fourth-order valence-corrected chi connectivity index (χ4v) is 5.92. The van der Waals surface area contributed by atoms with Crippen LogP contribution in [0.5, 0.6) is 0 Å². The molecule has 32 heavy (non-hydrogen) atoms. The normalized spacial score (nSPS) is 11.6. The highest BCUT2D eigenvalue weighted by Gasteiger charge is 2.31. The molecular formula is C22H18Cl2F3N3S2. The maximum absolute atomic E-state index is 13.1. The number of hydrogen-bond acceptors (Lipinski definition) is 3. The molecule has 4 rings (SSSR count). The van der Waals surface area contributed by atoms with E-state index in [2.05, 4.69) is 16.0 Å². The number of halogens is 5. The topological polar surface area (TPSA) is 32.6 Å². The molecule has 0 unspecified atom stereocenters. The summed E-state index contributed by atoms with van der Waals surface area (Å²) in [6.45, 7) is 3.99. The van der Waals surface area contributed by atoms with Crippen molar-refractivity contribution in [1.82, 2.24) is 9.97 Å². The molecule has 0 atom stereocenters. The summed E-state index contributed by atoms with van der Waals surface area (Å²) in [5.41, 5.74) is 3.24. The molecule has 0 fully saturated rings. The van der Waals surface area contributed by atoms with Crippen LogP contribution in [-0.2, 0) is 11.9 Å². The van der Waals surface area contributed by atoms with Crippen molar-refractivity contribution in [2.75, 3.05) is 0 Å². The molecule has 10 heteroatoms. The van der Waals surface area contributed by atoms with E-state index in [1.807, 2.05) is 48.9 Å². The molecule has 2 heterocycles. The van der Waals surface area contributed by atoms with E-state index in [4.69, 9.17) is 11.6 Å². The third kappa shape index (κ3) is 5.36. The highest BCUT2D eigenvalue weighted by atomic mass is 35.5. The summed E-state index contributed by atoms with van der Waals surface area (Å²) in [5, 5.41) is 0.700. The number of benzene rings is 2. The molecule has 0 aliphatic rings. The summed E-state index contributed by atoms with van der Waals surface area (Å²) in [6.07, 6.45) is -2.46. The van der Waals surface area contributed by atoms with Gasteiger partial charge in [-0.1, -0.05) is 56.4 Å². The molecule has 0 bridgehead atoms. The van der Waals surface area contributed by atoms with Crippen molar-refractivity contribution in [3.05, 3.63) is 82.1 Å². The van der Waals surface area contributed by atoms with Gasteiger partial charge in [0.05, 0.1) is 28.2 Å². The highest BCUT2D eigenvalue weighted by molar-refractivity contribution is 8.76. The number of nitrogens with one attached hydrogen (secondary N) is 1. The molecule has 0 aliphatic heterocycles. The molecule has 4 aromatic rings. The molecule has 0 saturated heterocycles. The molecule has 0 amide bonds. The lowest BCUT2D eigenvalue weighted by atomic mass is 10.2. The minimum atomic E-state index is -4.40. The Kier molecular flexibility index (Phi) is 7.70. The molecule has 0 saturated carbocycles. The Balaban J connectivity index is 0.00000289. The zero-order valence-corrected chi connectivity index (χ0v) is 20.1.